The van der Waals surface area contributed by atoms with Gasteiger partial charge in [0.05, 0.1) is 0 Å². The summed E-state index contributed by atoms with van der Waals surface area (Å²) in [6.07, 6.45) is 4.44. The fourth-order valence-electron chi connectivity index (χ4n) is 4.59. The zero-order chi connectivity index (χ0) is 17.3. The standard InChI is InChI=1S/C20H28FN3O.2ClH/c21-17-4-2-16(3-5-17)15-23-10-1-11-24(13-12-23)19(25)18-14-20(18)6-8-22-9-7-20;;/h2-5,18,22H,1,6-15H2;2*1H. The average molecular weight is 418 g/mol. The maximum Gasteiger partial charge on any atom is 0.226 e. The van der Waals surface area contributed by atoms with E-state index in [1.165, 1.54) is 12.1 Å². The number of amides is 1. The van der Waals surface area contributed by atoms with Crippen molar-refractivity contribution in [3.63, 3.8) is 0 Å². The van der Waals surface area contributed by atoms with Gasteiger partial charge < -0.3 is 10.2 Å². The van der Waals surface area contributed by atoms with Crippen molar-refractivity contribution < 1.29 is 9.18 Å². The smallest absolute Gasteiger partial charge is 0.226 e. The maximum atomic E-state index is 13.0. The van der Waals surface area contributed by atoms with E-state index < -0.39 is 0 Å². The highest BCUT2D eigenvalue weighted by Crippen LogP contribution is 2.59. The highest BCUT2D eigenvalue weighted by molar-refractivity contribution is 5.85. The van der Waals surface area contributed by atoms with Crippen LogP contribution in [0.15, 0.2) is 24.3 Å². The van der Waals surface area contributed by atoms with Crippen molar-refractivity contribution in [2.24, 2.45) is 11.3 Å². The summed E-state index contributed by atoms with van der Waals surface area (Å²) < 4.78 is 13.0. The lowest BCUT2D eigenvalue weighted by Crippen LogP contribution is -2.38. The highest BCUT2D eigenvalue weighted by atomic mass is 35.5. The van der Waals surface area contributed by atoms with Gasteiger partial charge in [0.2, 0.25) is 5.91 Å². The Morgan fingerprint density at radius 1 is 1.07 bits per heavy atom. The molecule has 4 nitrogen and oxygen atoms in total. The molecule has 4 rings (SSSR count). The Balaban J connectivity index is 0.00000131. The average Bonchev–Trinajstić information content (AvgIpc) is 3.36. The second-order valence-corrected chi connectivity index (χ2v) is 7.95. The van der Waals surface area contributed by atoms with Gasteiger partial charge in [-0.2, -0.15) is 0 Å². The number of hydrogen-bond acceptors (Lipinski definition) is 3. The van der Waals surface area contributed by atoms with Crippen LogP contribution in [0.3, 0.4) is 0 Å². The lowest BCUT2D eigenvalue weighted by molar-refractivity contribution is -0.133. The van der Waals surface area contributed by atoms with E-state index in [0.29, 0.717) is 11.3 Å². The molecule has 1 amide bonds. The summed E-state index contributed by atoms with van der Waals surface area (Å²) in [5.74, 6) is 0.483. The van der Waals surface area contributed by atoms with E-state index in [0.717, 1.165) is 77.1 Å². The first-order valence-corrected chi connectivity index (χ1v) is 9.63. The fraction of sp³-hybridized carbons (Fsp3) is 0.650. The highest BCUT2D eigenvalue weighted by Gasteiger charge is 2.58. The van der Waals surface area contributed by atoms with Crippen molar-refractivity contribution in [2.45, 2.75) is 32.2 Å². The number of halogens is 3. The molecular formula is C20H30Cl2FN3O. The van der Waals surface area contributed by atoms with E-state index in [1.54, 1.807) is 0 Å². The molecule has 2 aliphatic heterocycles. The van der Waals surface area contributed by atoms with Crippen molar-refractivity contribution in [3.8, 4) is 0 Å². The second kappa shape index (κ2) is 9.55. The van der Waals surface area contributed by atoms with E-state index in [-0.39, 0.29) is 36.5 Å². The molecule has 0 bridgehead atoms. The van der Waals surface area contributed by atoms with Crippen LogP contribution < -0.4 is 5.32 Å². The van der Waals surface area contributed by atoms with Crippen molar-refractivity contribution in [3.05, 3.63) is 35.6 Å². The lowest BCUT2D eigenvalue weighted by Gasteiger charge is -2.26. The molecular weight excluding hydrogens is 388 g/mol. The molecule has 2 saturated heterocycles. The molecule has 152 valence electrons. The van der Waals surface area contributed by atoms with Gasteiger partial charge in [-0.25, -0.2) is 4.39 Å². The molecule has 1 N–H and O–H groups in total. The lowest BCUT2D eigenvalue weighted by atomic mass is 9.91. The van der Waals surface area contributed by atoms with Crippen molar-refractivity contribution in [2.75, 3.05) is 39.3 Å². The van der Waals surface area contributed by atoms with Gasteiger partial charge in [-0.1, -0.05) is 12.1 Å². The molecule has 1 atom stereocenters. The Labute approximate surface area is 173 Å². The Bertz CT molecular complexity index is 622. The van der Waals surface area contributed by atoms with E-state index in [4.69, 9.17) is 0 Å². The first kappa shape index (κ1) is 22.4. The Kier molecular flexibility index (Phi) is 7.93. The maximum absolute atomic E-state index is 13.0. The molecule has 1 aromatic rings. The molecule has 1 saturated carbocycles. The molecule has 0 radical (unpaired) electrons. The third-order valence-corrected chi connectivity index (χ3v) is 6.31. The number of nitrogens with zero attached hydrogens (tertiary/aromatic N) is 2. The van der Waals surface area contributed by atoms with Crippen LogP contribution in [-0.2, 0) is 11.3 Å². The minimum atomic E-state index is -0.187. The number of piperidine rings is 1. The summed E-state index contributed by atoms with van der Waals surface area (Å²) in [7, 11) is 0. The van der Waals surface area contributed by atoms with Crippen LogP contribution in [-0.4, -0.2) is 55.0 Å². The molecule has 1 aliphatic carbocycles. The van der Waals surface area contributed by atoms with Gasteiger partial charge in [-0.15, -0.1) is 24.8 Å². The molecule has 0 aromatic heterocycles. The van der Waals surface area contributed by atoms with Gasteiger partial charge in [0.1, 0.15) is 5.82 Å². The number of carbonyl (C=O) groups is 1. The fourth-order valence-corrected chi connectivity index (χ4v) is 4.59. The van der Waals surface area contributed by atoms with Gasteiger partial charge in [0.25, 0.3) is 0 Å². The summed E-state index contributed by atoms with van der Waals surface area (Å²) >= 11 is 0. The zero-order valence-electron chi connectivity index (χ0n) is 15.7. The molecule has 1 spiro atoms. The molecule has 2 heterocycles. The number of hydrogen-bond donors (Lipinski definition) is 1. The van der Waals surface area contributed by atoms with Crippen LogP contribution in [0.2, 0.25) is 0 Å². The van der Waals surface area contributed by atoms with Crippen LogP contribution in [0.25, 0.3) is 0 Å². The molecule has 3 aliphatic rings. The number of nitrogens with one attached hydrogen (secondary N) is 1. The quantitative estimate of drug-likeness (QED) is 0.820. The van der Waals surface area contributed by atoms with Crippen molar-refractivity contribution in [1.82, 2.24) is 15.1 Å². The summed E-state index contributed by atoms with van der Waals surface area (Å²) in [5, 5.41) is 3.41. The van der Waals surface area contributed by atoms with Crippen LogP contribution in [0.1, 0.15) is 31.2 Å². The van der Waals surface area contributed by atoms with Gasteiger partial charge in [0, 0.05) is 38.6 Å². The Morgan fingerprint density at radius 3 is 2.48 bits per heavy atom. The molecule has 7 heteroatoms. The Morgan fingerprint density at radius 2 is 1.78 bits per heavy atom. The van der Waals surface area contributed by atoms with Gasteiger partial charge >= 0.3 is 0 Å². The van der Waals surface area contributed by atoms with E-state index in [1.807, 2.05) is 12.1 Å². The molecule has 3 fully saturated rings. The van der Waals surface area contributed by atoms with E-state index >= 15 is 0 Å². The van der Waals surface area contributed by atoms with Crippen LogP contribution >= 0.6 is 24.8 Å². The monoisotopic (exact) mass is 417 g/mol. The predicted octanol–water partition coefficient (Wildman–Crippen LogP) is 3.09. The van der Waals surface area contributed by atoms with Crippen molar-refractivity contribution >= 4 is 30.7 Å². The minimum absolute atomic E-state index is 0. The normalized spacial score (nSPS) is 24.5. The summed E-state index contributed by atoms with van der Waals surface area (Å²) in [6.45, 7) is 6.57. The number of carbonyl (C=O) groups excluding carboxylic acids is 1. The van der Waals surface area contributed by atoms with Gasteiger partial charge in [0.15, 0.2) is 0 Å². The molecule has 1 unspecified atom stereocenters. The van der Waals surface area contributed by atoms with Gasteiger partial charge in [-0.05, 0) is 61.9 Å². The second-order valence-electron chi connectivity index (χ2n) is 7.95. The third-order valence-electron chi connectivity index (χ3n) is 6.31. The largest absolute Gasteiger partial charge is 0.341 e. The number of benzene rings is 1. The van der Waals surface area contributed by atoms with Crippen LogP contribution in [0.5, 0.6) is 0 Å². The summed E-state index contributed by atoms with van der Waals surface area (Å²) in [5.41, 5.74) is 1.46. The number of rotatable bonds is 3. The van der Waals surface area contributed by atoms with Crippen LogP contribution in [0, 0.1) is 17.2 Å². The molecule has 1 aromatic carbocycles. The third kappa shape index (κ3) is 5.14. The minimum Gasteiger partial charge on any atom is -0.341 e. The first-order chi connectivity index (χ1) is 12.2. The summed E-state index contributed by atoms with van der Waals surface area (Å²) in [4.78, 5) is 17.4. The van der Waals surface area contributed by atoms with Crippen molar-refractivity contribution in [1.29, 1.82) is 0 Å². The summed E-state index contributed by atoms with van der Waals surface area (Å²) in [6, 6.07) is 6.76. The SMILES string of the molecule is Cl.Cl.O=C(C1CC12CCNCC2)N1CCCN(Cc2ccc(F)cc2)CC1. The predicted molar refractivity (Wildman–Crippen MR) is 110 cm³/mol. The zero-order valence-corrected chi connectivity index (χ0v) is 17.3. The first-order valence-electron chi connectivity index (χ1n) is 9.63. The Hall–Kier alpha value is -0.880. The van der Waals surface area contributed by atoms with Crippen LogP contribution in [0.4, 0.5) is 4.39 Å². The van der Waals surface area contributed by atoms with E-state index in [9.17, 15) is 9.18 Å². The van der Waals surface area contributed by atoms with E-state index in [2.05, 4.69) is 15.1 Å². The topological polar surface area (TPSA) is 35.6 Å². The molecule has 27 heavy (non-hydrogen) atoms. The van der Waals surface area contributed by atoms with Gasteiger partial charge in [-0.3, -0.25) is 9.69 Å².